The number of rotatable bonds is 11. The Hall–Kier alpha value is -5.11. The number of benzene rings is 3. The molecule has 3 aromatic carbocycles. The number of ether oxygens (including phenoxy) is 1. The van der Waals surface area contributed by atoms with Crippen molar-refractivity contribution in [2.45, 2.75) is 24.2 Å². The van der Waals surface area contributed by atoms with Gasteiger partial charge in [-0.3, -0.25) is 49.3 Å². The van der Waals surface area contributed by atoms with Crippen molar-refractivity contribution in [2.75, 3.05) is 24.8 Å². The predicted octanol–water partition coefficient (Wildman–Crippen LogP) is 3.54. The van der Waals surface area contributed by atoms with Crippen LogP contribution in [-0.2, 0) is 28.8 Å². The minimum atomic E-state index is -4.10. The number of halogens is 1. The molecule has 0 bridgehead atoms. The molecule has 6 N–H and O–H groups in total. The summed E-state index contributed by atoms with van der Waals surface area (Å²) in [5, 5.41) is 31.9. The van der Waals surface area contributed by atoms with E-state index in [9.17, 15) is 52.4 Å². The van der Waals surface area contributed by atoms with Crippen LogP contribution in [0.15, 0.2) is 65.6 Å². The molecule has 0 radical (unpaired) electrons. The zero-order valence-electron chi connectivity index (χ0n) is 26.3. The van der Waals surface area contributed by atoms with E-state index < -0.39 is 80.6 Å². The van der Waals surface area contributed by atoms with E-state index in [2.05, 4.69) is 5.32 Å². The Morgan fingerprint density at radius 1 is 1.00 bits per heavy atom. The molecule has 1 fully saturated rings. The van der Waals surface area contributed by atoms with Crippen LogP contribution in [-0.4, -0.2) is 75.6 Å². The zero-order chi connectivity index (χ0) is 38.7. The summed E-state index contributed by atoms with van der Waals surface area (Å²) in [6, 6.07) is 14.4. The molecule has 0 aromatic heterocycles. The molecule has 51 heavy (non-hydrogen) atoms. The van der Waals surface area contributed by atoms with Gasteiger partial charge in [-0.15, -0.1) is 0 Å². The molecule has 0 atom stereocenters. The highest BCUT2D eigenvalue weighted by atomic mass is 35.5. The number of aliphatic carboxylic acids is 1. The second-order valence-corrected chi connectivity index (χ2v) is 14.5. The molecular formula is C29H30ClN4O15PS. The van der Waals surface area contributed by atoms with Crippen molar-refractivity contribution in [1.29, 1.82) is 0 Å². The number of ketones is 3. The number of hydrogen-bond donors (Lipinski definition) is 5. The molecule has 3 aromatic rings. The quantitative estimate of drug-likeness (QED) is 0.0464. The summed E-state index contributed by atoms with van der Waals surface area (Å²) in [7, 11) is -7.79. The smallest absolute Gasteiger partial charge is 0.339 e. The van der Waals surface area contributed by atoms with Gasteiger partial charge in [0.15, 0.2) is 27.2 Å². The van der Waals surface area contributed by atoms with Crippen LogP contribution in [0.5, 0.6) is 11.5 Å². The number of nitro groups is 2. The highest BCUT2D eigenvalue weighted by Crippen LogP contribution is 2.39. The Bertz CT molecular complexity index is 1970. The van der Waals surface area contributed by atoms with E-state index in [0.29, 0.717) is 12.2 Å². The Morgan fingerprint density at radius 2 is 1.57 bits per heavy atom. The lowest BCUT2D eigenvalue weighted by Crippen LogP contribution is -2.35. The van der Waals surface area contributed by atoms with E-state index in [-0.39, 0.29) is 39.9 Å². The zero-order valence-corrected chi connectivity index (χ0v) is 28.8. The van der Waals surface area contributed by atoms with Crippen LogP contribution < -0.4 is 15.8 Å². The first-order valence-electron chi connectivity index (χ1n) is 14.1. The van der Waals surface area contributed by atoms with E-state index in [1.54, 1.807) is 24.3 Å². The summed E-state index contributed by atoms with van der Waals surface area (Å²) in [6.07, 6.45) is 0.770. The summed E-state index contributed by atoms with van der Waals surface area (Å²) in [5.74, 6) is -3.90. The SMILES string of the molecule is CS(=O)(=O)c1ccc(C(=O)C2C(=O)CCCC2=O)c([N+](=O)[O-])c1.Nc1c([N+](=O)[O-])ccc(Oc2ccccc2)c1Cl.O=C(O)CNCP(=O)(O)O. The highest BCUT2D eigenvalue weighted by Gasteiger charge is 2.39. The standard InChI is InChI=1S/C14H13NO7S.C12H9ClN2O3.C3H8NO5P/c1-23(21,22)8-5-6-9(10(7-8)15(19)20)14(18)13-11(16)3-2-4-12(13)17;13-11-10(18-8-4-2-1-3-5-8)7-6-9(12(11)14)15(16)17;5-3(6)1-4-2-10(7,8)9/h5-7,13H,2-4H2,1H3;1-7H,14H2;4H,1-2H2,(H,5,6)(H2,7,8,9). The molecule has 0 aliphatic heterocycles. The third-order valence-corrected chi connectivity index (χ3v) is 8.63. The van der Waals surface area contributed by atoms with Gasteiger partial charge in [-0.2, -0.15) is 0 Å². The van der Waals surface area contributed by atoms with Gasteiger partial charge < -0.3 is 25.4 Å². The predicted molar refractivity (Wildman–Crippen MR) is 179 cm³/mol. The van der Waals surface area contributed by atoms with E-state index in [0.717, 1.165) is 24.5 Å². The summed E-state index contributed by atoms with van der Waals surface area (Å²) in [6.45, 7) is -0.439. The van der Waals surface area contributed by atoms with E-state index in [4.69, 9.17) is 37.0 Å². The number of para-hydroxylation sites is 1. The molecule has 0 spiro atoms. The van der Waals surface area contributed by atoms with E-state index in [1.807, 2.05) is 6.07 Å². The Labute approximate surface area is 293 Å². The first kappa shape index (κ1) is 42.1. The number of nitrogens with zero attached hydrogens (tertiary/aromatic N) is 2. The van der Waals surface area contributed by atoms with Crippen molar-refractivity contribution in [3.8, 4) is 11.5 Å². The van der Waals surface area contributed by atoms with Gasteiger partial charge in [0.1, 0.15) is 28.1 Å². The number of carboxylic acid groups (broad SMARTS) is 1. The molecule has 0 amide bonds. The number of carbonyl (C=O) groups excluding carboxylic acids is 3. The fraction of sp³-hybridized carbons (Fsp3) is 0.241. The van der Waals surface area contributed by atoms with Gasteiger partial charge in [0.2, 0.25) is 0 Å². The first-order chi connectivity index (χ1) is 23.6. The lowest BCUT2D eigenvalue weighted by Gasteiger charge is -2.18. The van der Waals surface area contributed by atoms with Crippen LogP contribution in [0.25, 0.3) is 0 Å². The number of nitrogens with one attached hydrogen (secondary N) is 1. The average molecular weight is 773 g/mol. The van der Waals surface area contributed by atoms with Crippen LogP contribution in [0.1, 0.15) is 29.6 Å². The van der Waals surface area contributed by atoms with Crippen LogP contribution in [0.3, 0.4) is 0 Å². The molecule has 19 nitrogen and oxygen atoms in total. The molecule has 22 heteroatoms. The number of hydrogen-bond acceptors (Lipinski definition) is 14. The van der Waals surface area contributed by atoms with Crippen molar-refractivity contribution in [3.05, 3.63) is 91.5 Å². The largest absolute Gasteiger partial charge is 0.480 e. The van der Waals surface area contributed by atoms with Gasteiger partial charge in [0.25, 0.3) is 11.4 Å². The third kappa shape index (κ3) is 12.9. The summed E-state index contributed by atoms with van der Waals surface area (Å²) < 4.78 is 38.5. The fourth-order valence-corrected chi connectivity index (χ4v) is 5.42. The summed E-state index contributed by atoms with van der Waals surface area (Å²) >= 11 is 5.94. The van der Waals surface area contributed by atoms with E-state index >= 15 is 0 Å². The molecule has 274 valence electrons. The summed E-state index contributed by atoms with van der Waals surface area (Å²) in [5.41, 5.74) is 4.08. The van der Waals surface area contributed by atoms with Crippen molar-refractivity contribution in [1.82, 2.24) is 5.32 Å². The number of anilines is 1. The van der Waals surface area contributed by atoms with Gasteiger partial charge >= 0.3 is 13.6 Å². The normalized spacial score (nSPS) is 13.2. The lowest BCUT2D eigenvalue weighted by atomic mass is 9.81. The maximum Gasteiger partial charge on any atom is 0.339 e. The number of carbonyl (C=O) groups is 4. The second kappa shape index (κ2) is 18.2. The lowest BCUT2D eigenvalue weighted by molar-refractivity contribution is -0.385. The fourth-order valence-electron chi connectivity index (χ4n) is 4.18. The van der Waals surface area contributed by atoms with Gasteiger partial charge in [0, 0.05) is 31.2 Å². The molecule has 0 unspecified atom stereocenters. The van der Waals surface area contributed by atoms with Crippen molar-refractivity contribution in [3.63, 3.8) is 0 Å². The minimum Gasteiger partial charge on any atom is -0.480 e. The Morgan fingerprint density at radius 3 is 2.06 bits per heavy atom. The van der Waals surface area contributed by atoms with E-state index in [1.165, 1.54) is 12.1 Å². The van der Waals surface area contributed by atoms with Crippen molar-refractivity contribution in [2.24, 2.45) is 5.92 Å². The molecular weight excluding hydrogens is 743 g/mol. The number of nitrogen functional groups attached to an aromatic ring is 1. The molecule has 0 saturated heterocycles. The maximum atomic E-state index is 12.4. The average Bonchev–Trinajstić information content (AvgIpc) is 3.02. The first-order valence-corrected chi connectivity index (χ1v) is 18.2. The highest BCUT2D eigenvalue weighted by molar-refractivity contribution is 7.90. The number of nitrogens with two attached hydrogens (primary N) is 1. The van der Waals surface area contributed by atoms with Crippen LogP contribution in [0.4, 0.5) is 17.1 Å². The van der Waals surface area contributed by atoms with Gasteiger partial charge in [-0.1, -0.05) is 29.8 Å². The van der Waals surface area contributed by atoms with Crippen LogP contribution >= 0.6 is 19.2 Å². The third-order valence-electron chi connectivity index (χ3n) is 6.50. The van der Waals surface area contributed by atoms with Crippen LogP contribution in [0.2, 0.25) is 5.02 Å². The summed E-state index contributed by atoms with van der Waals surface area (Å²) in [4.78, 5) is 82.2. The van der Waals surface area contributed by atoms with Crippen molar-refractivity contribution >= 4 is 69.4 Å². The van der Waals surface area contributed by atoms with Gasteiger partial charge in [-0.25, -0.2) is 8.42 Å². The van der Waals surface area contributed by atoms with Crippen LogP contribution in [0, 0.1) is 26.1 Å². The monoisotopic (exact) mass is 772 g/mol. The minimum absolute atomic E-state index is 0.0352. The molecule has 0 heterocycles. The molecule has 1 aliphatic carbocycles. The molecule has 1 saturated carbocycles. The number of nitro benzene ring substituents is 2. The van der Waals surface area contributed by atoms with Gasteiger partial charge in [-0.05, 0) is 36.8 Å². The number of Topliss-reactive ketones (excluding diaryl/α,β-unsaturated/α-hetero) is 3. The maximum absolute atomic E-state index is 12.4. The topological polar surface area (TPSA) is 314 Å². The molecule has 1 aliphatic rings. The molecule has 4 rings (SSSR count). The number of carboxylic acids is 1. The van der Waals surface area contributed by atoms with Gasteiger partial charge in [0.05, 0.1) is 33.1 Å². The van der Waals surface area contributed by atoms with Crippen molar-refractivity contribution < 1.29 is 61.6 Å². The number of sulfone groups is 1. The second-order valence-electron chi connectivity index (χ2n) is 10.4. The Kier molecular flexibility index (Phi) is 15.0. The Balaban J connectivity index is 0.000000286.